The molecule has 0 heterocycles. The summed E-state index contributed by atoms with van der Waals surface area (Å²) in [7, 11) is 0. The maximum atomic E-state index is 13.7. The van der Waals surface area contributed by atoms with E-state index in [2.05, 4.69) is 17.6 Å². The van der Waals surface area contributed by atoms with Crippen LogP contribution in [0.1, 0.15) is 91.3 Å². The number of amides is 3. The summed E-state index contributed by atoms with van der Waals surface area (Å²) < 4.78 is 5.27. The zero-order valence-corrected chi connectivity index (χ0v) is 22.7. The molecule has 0 aliphatic heterocycles. The minimum atomic E-state index is -1.24. The molecule has 0 fully saturated rings. The number of nitrogens with one attached hydrogen (secondary N) is 2. The van der Waals surface area contributed by atoms with Crippen LogP contribution in [-0.2, 0) is 14.3 Å². The second-order valence-electron chi connectivity index (χ2n) is 11.0. The molecule has 3 amide bonds. The van der Waals surface area contributed by atoms with Crippen molar-refractivity contribution in [2.75, 3.05) is 13.2 Å². The largest absolute Gasteiger partial charge is 0.444 e. The predicted molar refractivity (Wildman–Crippen MR) is 138 cm³/mol. The van der Waals surface area contributed by atoms with Gasteiger partial charge in [0, 0.05) is 12.1 Å². The van der Waals surface area contributed by atoms with Crippen LogP contribution in [0.4, 0.5) is 4.79 Å². The van der Waals surface area contributed by atoms with Gasteiger partial charge in [0.25, 0.3) is 0 Å². The SMILES string of the molecule is CCCCCCN(C(=O)C(CO)NC(=O)OC(C)(C)C)C(C(=O)NC(C)(C)C)c1ccc(C)cc1. The van der Waals surface area contributed by atoms with Crippen LogP contribution in [0.3, 0.4) is 0 Å². The number of rotatable bonds is 11. The lowest BCUT2D eigenvalue weighted by Crippen LogP contribution is -2.55. The van der Waals surface area contributed by atoms with Crippen LogP contribution in [0.25, 0.3) is 0 Å². The van der Waals surface area contributed by atoms with Crippen molar-refractivity contribution < 1.29 is 24.2 Å². The summed E-state index contributed by atoms with van der Waals surface area (Å²) in [5, 5.41) is 15.5. The molecule has 0 aliphatic carbocycles. The summed E-state index contributed by atoms with van der Waals surface area (Å²) in [4.78, 5) is 41.1. The third kappa shape index (κ3) is 11.1. The van der Waals surface area contributed by atoms with Crippen molar-refractivity contribution in [2.45, 2.75) is 104 Å². The van der Waals surface area contributed by atoms with E-state index >= 15 is 0 Å². The molecule has 35 heavy (non-hydrogen) atoms. The summed E-state index contributed by atoms with van der Waals surface area (Å²) in [6.45, 7) is 14.5. The molecule has 1 aromatic carbocycles. The lowest BCUT2D eigenvalue weighted by Gasteiger charge is -2.35. The van der Waals surface area contributed by atoms with Gasteiger partial charge in [-0.25, -0.2) is 4.79 Å². The molecular weight excluding hydrogens is 446 g/mol. The molecule has 3 N–H and O–H groups in total. The lowest BCUT2D eigenvalue weighted by molar-refractivity contribution is -0.144. The second-order valence-corrected chi connectivity index (χ2v) is 11.0. The minimum Gasteiger partial charge on any atom is -0.444 e. The number of unbranched alkanes of at least 4 members (excludes halogenated alkanes) is 3. The number of ether oxygens (including phenoxy) is 1. The van der Waals surface area contributed by atoms with Crippen molar-refractivity contribution in [3.8, 4) is 0 Å². The number of aryl methyl sites for hydroxylation is 1. The standard InChI is InChI=1S/C27H45N3O5/c1-9-10-11-12-17-30(24(33)21(18-31)28-25(34)35-27(6,7)8)22(23(32)29-26(3,4)5)20-15-13-19(2)14-16-20/h13-16,21-22,31H,9-12,17-18H2,1-8H3,(H,28,34)(H,29,32). The number of nitrogens with zero attached hydrogens (tertiary/aromatic N) is 1. The molecule has 2 unspecified atom stereocenters. The van der Waals surface area contributed by atoms with Gasteiger partial charge in [-0.15, -0.1) is 0 Å². The average Bonchev–Trinajstić information content (AvgIpc) is 2.72. The Morgan fingerprint density at radius 2 is 1.60 bits per heavy atom. The number of carbonyl (C=O) groups is 3. The Bertz CT molecular complexity index is 825. The summed E-state index contributed by atoms with van der Waals surface area (Å²) in [6, 6.07) is 5.31. The molecule has 0 spiro atoms. The first kappa shape index (κ1) is 30.4. The van der Waals surface area contributed by atoms with E-state index in [1.807, 2.05) is 52.0 Å². The Balaban J connectivity index is 3.38. The fraction of sp³-hybridized carbons (Fsp3) is 0.667. The molecule has 0 bridgehead atoms. The quantitative estimate of drug-likeness (QED) is 0.401. The van der Waals surface area contributed by atoms with Crippen LogP contribution in [0.15, 0.2) is 24.3 Å². The normalized spacial score (nSPS) is 13.5. The lowest BCUT2D eigenvalue weighted by atomic mass is 9.99. The van der Waals surface area contributed by atoms with Gasteiger partial charge in [-0.3, -0.25) is 9.59 Å². The van der Waals surface area contributed by atoms with Crippen LogP contribution < -0.4 is 10.6 Å². The molecule has 0 radical (unpaired) electrons. The van der Waals surface area contributed by atoms with Crippen molar-refractivity contribution in [1.29, 1.82) is 0 Å². The molecule has 2 atom stereocenters. The number of aliphatic hydroxyl groups excluding tert-OH is 1. The molecular formula is C27H45N3O5. The van der Waals surface area contributed by atoms with Crippen molar-refractivity contribution in [2.24, 2.45) is 0 Å². The zero-order chi connectivity index (χ0) is 26.8. The summed E-state index contributed by atoms with van der Waals surface area (Å²) >= 11 is 0. The van der Waals surface area contributed by atoms with Crippen LogP contribution in [0.5, 0.6) is 0 Å². The number of aliphatic hydroxyl groups is 1. The van der Waals surface area contributed by atoms with E-state index in [1.54, 1.807) is 20.8 Å². The van der Waals surface area contributed by atoms with Crippen molar-refractivity contribution in [3.63, 3.8) is 0 Å². The van der Waals surface area contributed by atoms with E-state index in [0.29, 0.717) is 18.5 Å². The minimum absolute atomic E-state index is 0.307. The van der Waals surface area contributed by atoms with Crippen molar-refractivity contribution in [3.05, 3.63) is 35.4 Å². The van der Waals surface area contributed by atoms with Gasteiger partial charge >= 0.3 is 6.09 Å². The predicted octanol–water partition coefficient (Wildman–Crippen LogP) is 4.25. The van der Waals surface area contributed by atoms with Crippen LogP contribution in [-0.4, -0.2) is 58.2 Å². The van der Waals surface area contributed by atoms with Crippen LogP contribution in [0, 0.1) is 6.92 Å². The smallest absolute Gasteiger partial charge is 0.408 e. The fourth-order valence-electron chi connectivity index (χ4n) is 3.57. The van der Waals surface area contributed by atoms with Gasteiger partial charge in [0.15, 0.2) is 0 Å². The molecule has 0 saturated heterocycles. The van der Waals surface area contributed by atoms with Gasteiger partial charge in [-0.2, -0.15) is 0 Å². The molecule has 1 rings (SSSR count). The monoisotopic (exact) mass is 491 g/mol. The van der Waals surface area contributed by atoms with Crippen LogP contribution in [0.2, 0.25) is 0 Å². The number of hydrogen-bond donors (Lipinski definition) is 3. The number of alkyl carbamates (subject to hydrolysis) is 1. The topological polar surface area (TPSA) is 108 Å². The molecule has 198 valence electrons. The third-order valence-electron chi connectivity index (χ3n) is 5.16. The van der Waals surface area contributed by atoms with E-state index in [1.165, 1.54) is 4.90 Å². The molecule has 1 aromatic rings. The van der Waals surface area contributed by atoms with Crippen molar-refractivity contribution in [1.82, 2.24) is 15.5 Å². The first-order valence-corrected chi connectivity index (χ1v) is 12.5. The Labute approximate surface area is 210 Å². The highest BCUT2D eigenvalue weighted by molar-refractivity contribution is 5.92. The summed E-state index contributed by atoms with van der Waals surface area (Å²) in [5.74, 6) is -0.858. The first-order valence-electron chi connectivity index (χ1n) is 12.5. The highest BCUT2D eigenvalue weighted by Gasteiger charge is 2.36. The number of hydrogen-bond acceptors (Lipinski definition) is 5. The van der Waals surface area contributed by atoms with E-state index in [4.69, 9.17) is 4.74 Å². The molecule has 0 aromatic heterocycles. The van der Waals surface area contributed by atoms with Gasteiger partial charge in [0.1, 0.15) is 17.7 Å². The van der Waals surface area contributed by atoms with Gasteiger partial charge < -0.3 is 25.4 Å². The second kappa shape index (κ2) is 13.5. The zero-order valence-electron chi connectivity index (χ0n) is 22.7. The summed E-state index contributed by atoms with van der Waals surface area (Å²) in [5.41, 5.74) is 0.422. The van der Waals surface area contributed by atoms with Gasteiger partial charge in [0.2, 0.25) is 11.8 Å². The number of carbonyl (C=O) groups excluding carboxylic acids is 3. The fourth-order valence-corrected chi connectivity index (χ4v) is 3.57. The van der Waals surface area contributed by atoms with Gasteiger partial charge in [-0.05, 0) is 60.5 Å². The highest BCUT2D eigenvalue weighted by atomic mass is 16.6. The van der Waals surface area contributed by atoms with Crippen LogP contribution >= 0.6 is 0 Å². The molecule has 0 aliphatic rings. The van der Waals surface area contributed by atoms with Gasteiger partial charge in [-0.1, -0.05) is 56.0 Å². The third-order valence-corrected chi connectivity index (χ3v) is 5.16. The molecule has 0 saturated carbocycles. The average molecular weight is 492 g/mol. The first-order chi connectivity index (χ1) is 16.2. The maximum Gasteiger partial charge on any atom is 0.408 e. The number of benzene rings is 1. The Kier molecular flexibility index (Phi) is 11.7. The Morgan fingerprint density at radius 3 is 2.09 bits per heavy atom. The van der Waals surface area contributed by atoms with E-state index < -0.39 is 41.8 Å². The molecule has 8 heteroatoms. The van der Waals surface area contributed by atoms with E-state index in [0.717, 1.165) is 24.8 Å². The van der Waals surface area contributed by atoms with E-state index in [9.17, 15) is 19.5 Å². The maximum absolute atomic E-state index is 13.7. The Hall–Kier alpha value is -2.61. The summed E-state index contributed by atoms with van der Waals surface area (Å²) in [6.07, 6.45) is 2.81. The van der Waals surface area contributed by atoms with E-state index in [-0.39, 0.29) is 5.91 Å². The van der Waals surface area contributed by atoms with Crippen molar-refractivity contribution >= 4 is 17.9 Å². The Morgan fingerprint density at radius 1 is 1.00 bits per heavy atom. The van der Waals surface area contributed by atoms with Gasteiger partial charge in [0.05, 0.1) is 6.61 Å². The molecule has 8 nitrogen and oxygen atoms in total. The highest BCUT2D eigenvalue weighted by Crippen LogP contribution is 2.25.